The van der Waals surface area contributed by atoms with E-state index in [0.717, 1.165) is 32.1 Å². The van der Waals surface area contributed by atoms with Crippen LogP contribution in [0.25, 0.3) is 0 Å². The quantitative estimate of drug-likeness (QED) is 0.418. The second-order valence-electron chi connectivity index (χ2n) is 7.47. The molecule has 0 aliphatic carbocycles. The van der Waals surface area contributed by atoms with Crippen LogP contribution in [0.15, 0.2) is 60.7 Å². The molecule has 156 valence electrons. The van der Waals surface area contributed by atoms with Crippen LogP contribution < -0.4 is 0 Å². The van der Waals surface area contributed by atoms with Crippen LogP contribution >= 0.6 is 0 Å². The largest absolute Gasteiger partial charge is 0.462 e. The highest BCUT2D eigenvalue weighted by Gasteiger charge is 2.20. The van der Waals surface area contributed by atoms with Gasteiger partial charge in [-0.25, -0.2) is 9.59 Å². The predicted octanol–water partition coefficient (Wildman–Crippen LogP) is 5.92. The minimum absolute atomic E-state index is 0.264. The molecule has 4 heteroatoms. The second-order valence-corrected chi connectivity index (χ2v) is 7.47. The molecule has 2 aromatic rings. The molecule has 0 aliphatic rings. The van der Waals surface area contributed by atoms with Crippen molar-refractivity contribution in [2.24, 2.45) is 11.8 Å². The topological polar surface area (TPSA) is 52.6 Å². The van der Waals surface area contributed by atoms with E-state index in [1.165, 1.54) is 0 Å². The lowest BCUT2D eigenvalue weighted by molar-refractivity contribution is 0.0335. The van der Waals surface area contributed by atoms with Crippen LogP contribution in [0.4, 0.5) is 0 Å². The Hall–Kier alpha value is -2.62. The average molecular weight is 397 g/mol. The molecular formula is C25H32O4. The first-order valence-electron chi connectivity index (χ1n) is 10.6. The summed E-state index contributed by atoms with van der Waals surface area (Å²) in [6, 6.07) is 18.1. The van der Waals surface area contributed by atoms with Crippen molar-refractivity contribution < 1.29 is 19.1 Å². The Morgan fingerprint density at radius 2 is 1.07 bits per heavy atom. The maximum Gasteiger partial charge on any atom is 0.338 e. The molecule has 2 atom stereocenters. The van der Waals surface area contributed by atoms with E-state index in [0.29, 0.717) is 24.3 Å². The zero-order valence-electron chi connectivity index (χ0n) is 17.5. The van der Waals surface area contributed by atoms with Gasteiger partial charge in [-0.15, -0.1) is 0 Å². The summed E-state index contributed by atoms with van der Waals surface area (Å²) in [6.07, 6.45) is 4.89. The molecule has 0 N–H and O–H groups in total. The third-order valence-corrected chi connectivity index (χ3v) is 4.98. The maximum absolute atomic E-state index is 12.2. The summed E-state index contributed by atoms with van der Waals surface area (Å²) in [7, 11) is 0. The molecule has 0 bridgehead atoms. The van der Waals surface area contributed by atoms with Crippen LogP contribution in [0.1, 0.15) is 66.7 Å². The average Bonchev–Trinajstić information content (AvgIpc) is 2.76. The number of rotatable bonds is 12. The summed E-state index contributed by atoms with van der Waals surface area (Å²) in [5, 5.41) is 0. The monoisotopic (exact) mass is 396 g/mol. The van der Waals surface area contributed by atoms with E-state index in [-0.39, 0.29) is 23.8 Å². The third kappa shape index (κ3) is 8.10. The van der Waals surface area contributed by atoms with Gasteiger partial charge in [0.25, 0.3) is 0 Å². The van der Waals surface area contributed by atoms with Crippen molar-refractivity contribution in [3.8, 4) is 0 Å². The fourth-order valence-electron chi connectivity index (χ4n) is 3.53. The van der Waals surface area contributed by atoms with Crippen LogP contribution in [0.5, 0.6) is 0 Å². The first-order valence-corrected chi connectivity index (χ1v) is 10.6. The highest BCUT2D eigenvalue weighted by molar-refractivity contribution is 5.89. The zero-order chi connectivity index (χ0) is 20.9. The zero-order valence-corrected chi connectivity index (χ0v) is 17.5. The SMILES string of the molecule is CCCC(COC(=O)c1ccccc1)CC(CCC)COC(=O)c1ccccc1. The lowest BCUT2D eigenvalue weighted by Gasteiger charge is -2.23. The number of hydrogen-bond donors (Lipinski definition) is 0. The highest BCUT2D eigenvalue weighted by Crippen LogP contribution is 2.23. The minimum Gasteiger partial charge on any atom is -0.462 e. The number of carbonyl (C=O) groups excluding carboxylic acids is 2. The van der Waals surface area contributed by atoms with Crippen molar-refractivity contribution in [3.05, 3.63) is 71.8 Å². The van der Waals surface area contributed by atoms with E-state index in [4.69, 9.17) is 9.47 Å². The Kier molecular flexibility index (Phi) is 9.98. The second kappa shape index (κ2) is 12.8. The molecule has 0 aliphatic heterocycles. The van der Waals surface area contributed by atoms with Gasteiger partial charge in [-0.05, 0) is 55.4 Å². The summed E-state index contributed by atoms with van der Waals surface area (Å²) in [6.45, 7) is 5.06. The van der Waals surface area contributed by atoms with Crippen molar-refractivity contribution in [2.75, 3.05) is 13.2 Å². The maximum atomic E-state index is 12.2. The molecule has 0 spiro atoms. The van der Waals surface area contributed by atoms with Gasteiger partial charge in [-0.2, -0.15) is 0 Å². The predicted molar refractivity (Wildman–Crippen MR) is 115 cm³/mol. The number of benzene rings is 2. The minimum atomic E-state index is -0.283. The summed E-state index contributed by atoms with van der Waals surface area (Å²) in [5.41, 5.74) is 1.15. The van der Waals surface area contributed by atoms with Crippen LogP contribution in [-0.2, 0) is 9.47 Å². The van der Waals surface area contributed by atoms with Crippen LogP contribution in [0.2, 0.25) is 0 Å². The van der Waals surface area contributed by atoms with Crippen LogP contribution in [0, 0.1) is 11.8 Å². The van der Waals surface area contributed by atoms with Gasteiger partial charge in [0, 0.05) is 0 Å². The van der Waals surface area contributed by atoms with Crippen molar-refractivity contribution >= 4 is 11.9 Å². The Morgan fingerprint density at radius 1 is 0.690 bits per heavy atom. The molecule has 0 fully saturated rings. The number of hydrogen-bond acceptors (Lipinski definition) is 4. The molecule has 2 rings (SSSR count). The van der Waals surface area contributed by atoms with E-state index < -0.39 is 0 Å². The molecule has 0 saturated carbocycles. The Labute approximate surface area is 174 Å². The van der Waals surface area contributed by atoms with Crippen molar-refractivity contribution in [1.82, 2.24) is 0 Å². The fourth-order valence-corrected chi connectivity index (χ4v) is 3.53. The molecule has 0 saturated heterocycles. The molecule has 0 aromatic heterocycles. The normalized spacial score (nSPS) is 12.8. The van der Waals surface area contributed by atoms with Gasteiger partial charge >= 0.3 is 11.9 Å². The van der Waals surface area contributed by atoms with Gasteiger partial charge in [0.15, 0.2) is 0 Å². The van der Waals surface area contributed by atoms with Gasteiger partial charge in [0.05, 0.1) is 24.3 Å². The Balaban J connectivity index is 1.88. The lowest BCUT2D eigenvalue weighted by atomic mass is 9.89. The van der Waals surface area contributed by atoms with E-state index in [9.17, 15) is 9.59 Å². The Bertz CT molecular complexity index is 664. The van der Waals surface area contributed by atoms with Gasteiger partial charge < -0.3 is 9.47 Å². The van der Waals surface area contributed by atoms with E-state index in [1.807, 2.05) is 36.4 Å². The number of esters is 2. The molecular weight excluding hydrogens is 364 g/mol. The van der Waals surface area contributed by atoms with Crippen LogP contribution in [-0.4, -0.2) is 25.2 Å². The molecule has 2 unspecified atom stereocenters. The first kappa shape index (κ1) is 22.7. The van der Waals surface area contributed by atoms with Gasteiger partial charge in [0.2, 0.25) is 0 Å². The highest BCUT2D eigenvalue weighted by atomic mass is 16.5. The lowest BCUT2D eigenvalue weighted by Crippen LogP contribution is -2.21. The first-order chi connectivity index (χ1) is 14.1. The smallest absolute Gasteiger partial charge is 0.338 e. The third-order valence-electron chi connectivity index (χ3n) is 4.98. The van der Waals surface area contributed by atoms with E-state index in [1.54, 1.807) is 24.3 Å². The molecule has 0 radical (unpaired) electrons. The summed E-state index contributed by atoms with van der Waals surface area (Å²) < 4.78 is 11.1. The van der Waals surface area contributed by atoms with Crippen molar-refractivity contribution in [2.45, 2.75) is 46.0 Å². The molecule has 0 amide bonds. The molecule has 0 heterocycles. The summed E-state index contributed by atoms with van der Waals surface area (Å²) >= 11 is 0. The summed E-state index contributed by atoms with van der Waals surface area (Å²) in [4.78, 5) is 24.5. The van der Waals surface area contributed by atoms with E-state index >= 15 is 0 Å². The Morgan fingerprint density at radius 3 is 1.41 bits per heavy atom. The number of ether oxygens (including phenoxy) is 2. The summed E-state index contributed by atoms with van der Waals surface area (Å²) in [5.74, 6) is -0.0391. The fraction of sp³-hybridized carbons (Fsp3) is 0.440. The standard InChI is InChI=1S/C25H32O4/c1-3-11-20(18-28-24(26)22-13-7-5-8-14-22)17-21(12-4-2)19-29-25(27)23-15-9-6-10-16-23/h5-10,13-16,20-21H,3-4,11-12,17-19H2,1-2H3. The van der Waals surface area contributed by atoms with Gasteiger partial charge in [0.1, 0.15) is 0 Å². The van der Waals surface area contributed by atoms with Gasteiger partial charge in [-0.1, -0.05) is 63.1 Å². The molecule has 29 heavy (non-hydrogen) atoms. The van der Waals surface area contributed by atoms with E-state index in [2.05, 4.69) is 13.8 Å². The molecule has 4 nitrogen and oxygen atoms in total. The van der Waals surface area contributed by atoms with Crippen molar-refractivity contribution in [3.63, 3.8) is 0 Å². The molecule has 2 aromatic carbocycles. The van der Waals surface area contributed by atoms with Crippen molar-refractivity contribution in [1.29, 1.82) is 0 Å². The van der Waals surface area contributed by atoms with Crippen LogP contribution in [0.3, 0.4) is 0 Å². The number of carbonyl (C=O) groups is 2. The van der Waals surface area contributed by atoms with Gasteiger partial charge in [-0.3, -0.25) is 0 Å².